The Labute approximate surface area is 84.0 Å². The number of carbonyl (C=O) groups excluding carboxylic acids is 1. The molecule has 0 aromatic carbocycles. The van der Waals surface area contributed by atoms with Gasteiger partial charge in [0.05, 0.1) is 4.92 Å². The number of aromatic nitrogens is 1. The Bertz CT molecular complexity index is 369. The number of nitrogens with one attached hydrogen (secondary N) is 1. The third-order valence-corrected chi connectivity index (χ3v) is 1.61. The summed E-state index contributed by atoms with van der Waals surface area (Å²) in [6.45, 7) is 0. The highest BCUT2D eigenvalue weighted by molar-refractivity contribution is 6.29. The van der Waals surface area contributed by atoms with E-state index >= 15 is 0 Å². The molecular formula is C7H6ClN3O3. The fourth-order valence-electron chi connectivity index (χ4n) is 0.806. The number of nitrogens with zero attached hydrogens (tertiary/aromatic N) is 2. The predicted molar refractivity (Wildman–Crippen MR) is 50.2 cm³/mol. The lowest BCUT2D eigenvalue weighted by atomic mass is 10.4. The van der Waals surface area contributed by atoms with Crippen LogP contribution >= 0.6 is 11.6 Å². The van der Waals surface area contributed by atoms with Gasteiger partial charge < -0.3 is 5.32 Å². The maximum Gasteiger partial charge on any atom is 0.311 e. The minimum absolute atomic E-state index is 0.0943. The highest BCUT2D eigenvalue weighted by Gasteiger charge is 2.15. The first-order valence-corrected chi connectivity index (χ1v) is 4.14. The van der Waals surface area contributed by atoms with Crippen molar-refractivity contribution in [3.63, 3.8) is 0 Å². The monoisotopic (exact) mass is 215 g/mol. The Balaban J connectivity index is 2.95. The van der Waals surface area contributed by atoms with Crippen LogP contribution in [0.25, 0.3) is 0 Å². The van der Waals surface area contributed by atoms with Crippen LogP contribution in [0.4, 0.5) is 11.5 Å². The van der Waals surface area contributed by atoms with Crippen LogP contribution in [0.15, 0.2) is 18.3 Å². The minimum atomic E-state index is -0.628. The van der Waals surface area contributed by atoms with Crippen LogP contribution in [0.1, 0.15) is 0 Å². The minimum Gasteiger partial charge on any atom is -0.304 e. The van der Waals surface area contributed by atoms with Gasteiger partial charge in [0.2, 0.25) is 11.7 Å². The molecule has 0 atom stereocenters. The first-order chi connectivity index (χ1) is 6.65. The molecule has 0 radical (unpaired) electrons. The number of alkyl halides is 1. The number of anilines is 1. The van der Waals surface area contributed by atoms with E-state index in [0.717, 1.165) is 0 Å². The van der Waals surface area contributed by atoms with Crippen LogP contribution < -0.4 is 5.32 Å². The largest absolute Gasteiger partial charge is 0.311 e. The second-order valence-electron chi connectivity index (χ2n) is 2.31. The zero-order chi connectivity index (χ0) is 10.6. The third kappa shape index (κ3) is 2.40. The molecule has 0 aliphatic carbocycles. The van der Waals surface area contributed by atoms with E-state index in [1.165, 1.54) is 18.3 Å². The van der Waals surface area contributed by atoms with Crippen LogP contribution in [0.5, 0.6) is 0 Å². The molecule has 0 unspecified atom stereocenters. The van der Waals surface area contributed by atoms with Gasteiger partial charge in [0.25, 0.3) is 0 Å². The molecule has 0 spiro atoms. The highest BCUT2D eigenvalue weighted by Crippen LogP contribution is 2.19. The summed E-state index contributed by atoms with van der Waals surface area (Å²) in [5.41, 5.74) is -0.258. The van der Waals surface area contributed by atoms with E-state index in [1.54, 1.807) is 0 Å². The molecular weight excluding hydrogens is 210 g/mol. The van der Waals surface area contributed by atoms with Gasteiger partial charge in [-0.2, -0.15) is 0 Å². The molecule has 0 aliphatic heterocycles. The maximum absolute atomic E-state index is 10.9. The number of pyridine rings is 1. The number of halogens is 1. The number of nitro groups is 1. The normalized spacial score (nSPS) is 9.50. The first-order valence-electron chi connectivity index (χ1n) is 3.60. The van der Waals surface area contributed by atoms with Crippen molar-refractivity contribution in [3.8, 4) is 0 Å². The van der Waals surface area contributed by atoms with Crippen molar-refractivity contribution in [3.05, 3.63) is 28.4 Å². The fourth-order valence-corrected chi connectivity index (χ4v) is 0.873. The predicted octanol–water partition coefficient (Wildman–Crippen LogP) is 1.17. The molecule has 0 fully saturated rings. The number of rotatable bonds is 3. The van der Waals surface area contributed by atoms with Crippen molar-refractivity contribution < 1.29 is 9.72 Å². The zero-order valence-corrected chi connectivity index (χ0v) is 7.69. The van der Waals surface area contributed by atoms with Crippen LogP contribution in [-0.2, 0) is 4.79 Å². The SMILES string of the molecule is O=C(CCl)Nc1ncccc1[N+](=O)[O-]. The molecule has 0 bridgehead atoms. The summed E-state index contributed by atoms with van der Waals surface area (Å²) in [6, 6.07) is 2.66. The van der Waals surface area contributed by atoms with Crippen molar-refractivity contribution in [2.24, 2.45) is 0 Å². The number of carbonyl (C=O) groups is 1. The van der Waals surface area contributed by atoms with E-state index < -0.39 is 10.8 Å². The molecule has 0 saturated carbocycles. The summed E-state index contributed by atoms with van der Waals surface area (Å²) in [7, 11) is 0. The third-order valence-electron chi connectivity index (χ3n) is 1.36. The van der Waals surface area contributed by atoms with Gasteiger partial charge in [-0.05, 0) is 6.07 Å². The molecule has 14 heavy (non-hydrogen) atoms. The standard InChI is InChI=1S/C7H6ClN3O3/c8-4-6(12)10-7-5(11(13)14)2-1-3-9-7/h1-3H,4H2,(H,9,10,12). The summed E-state index contributed by atoms with van der Waals surface area (Å²) >= 11 is 5.22. The van der Waals surface area contributed by atoms with Gasteiger partial charge in [-0.1, -0.05) is 0 Å². The molecule has 1 heterocycles. The quantitative estimate of drug-likeness (QED) is 0.466. The van der Waals surface area contributed by atoms with E-state index in [-0.39, 0.29) is 17.4 Å². The van der Waals surface area contributed by atoms with E-state index in [0.29, 0.717) is 0 Å². The summed E-state index contributed by atoms with van der Waals surface area (Å²) < 4.78 is 0. The average molecular weight is 216 g/mol. The van der Waals surface area contributed by atoms with Crippen LogP contribution in [-0.4, -0.2) is 21.7 Å². The Morgan fingerprint density at radius 3 is 3.00 bits per heavy atom. The van der Waals surface area contributed by atoms with Gasteiger partial charge >= 0.3 is 5.69 Å². The van der Waals surface area contributed by atoms with Gasteiger partial charge in [0.15, 0.2) is 0 Å². The molecule has 1 N–H and O–H groups in total. The summed E-state index contributed by atoms with van der Waals surface area (Å²) in [4.78, 5) is 24.4. The summed E-state index contributed by atoms with van der Waals surface area (Å²) in [5.74, 6) is -0.898. The second-order valence-corrected chi connectivity index (χ2v) is 2.58. The first kappa shape index (κ1) is 10.4. The molecule has 6 nitrogen and oxygen atoms in total. The van der Waals surface area contributed by atoms with Crippen LogP contribution in [0, 0.1) is 10.1 Å². The van der Waals surface area contributed by atoms with E-state index in [1.807, 2.05) is 0 Å². The van der Waals surface area contributed by atoms with Crippen LogP contribution in [0.2, 0.25) is 0 Å². The molecule has 74 valence electrons. The Morgan fingerprint density at radius 2 is 2.43 bits per heavy atom. The molecule has 1 rings (SSSR count). The van der Waals surface area contributed by atoms with Gasteiger partial charge in [-0.3, -0.25) is 14.9 Å². The molecule has 7 heteroatoms. The van der Waals surface area contributed by atoms with Gasteiger partial charge in [-0.15, -0.1) is 11.6 Å². The fraction of sp³-hybridized carbons (Fsp3) is 0.143. The van der Waals surface area contributed by atoms with Crippen molar-refractivity contribution in [1.82, 2.24) is 4.98 Å². The molecule has 0 aliphatic rings. The molecule has 0 saturated heterocycles. The van der Waals surface area contributed by atoms with Crippen molar-refractivity contribution in [1.29, 1.82) is 0 Å². The van der Waals surface area contributed by atoms with Crippen molar-refractivity contribution in [2.45, 2.75) is 0 Å². The topological polar surface area (TPSA) is 85.1 Å². The lowest BCUT2D eigenvalue weighted by Gasteiger charge is -2.01. The highest BCUT2D eigenvalue weighted by atomic mass is 35.5. The maximum atomic E-state index is 10.9. The lowest BCUT2D eigenvalue weighted by Crippen LogP contribution is -2.14. The molecule has 1 aromatic rings. The van der Waals surface area contributed by atoms with Crippen molar-refractivity contribution >= 4 is 29.0 Å². The van der Waals surface area contributed by atoms with Gasteiger partial charge in [0.1, 0.15) is 5.88 Å². The van der Waals surface area contributed by atoms with Crippen molar-refractivity contribution in [2.75, 3.05) is 11.2 Å². The smallest absolute Gasteiger partial charge is 0.304 e. The lowest BCUT2D eigenvalue weighted by molar-refractivity contribution is -0.384. The molecule has 1 amide bonds. The van der Waals surface area contributed by atoms with Gasteiger partial charge in [-0.25, -0.2) is 4.98 Å². The van der Waals surface area contributed by atoms with E-state index in [4.69, 9.17) is 11.6 Å². The Kier molecular flexibility index (Phi) is 3.35. The number of hydrogen-bond acceptors (Lipinski definition) is 4. The van der Waals surface area contributed by atoms with Crippen LogP contribution in [0.3, 0.4) is 0 Å². The van der Waals surface area contributed by atoms with E-state index in [9.17, 15) is 14.9 Å². The number of hydrogen-bond donors (Lipinski definition) is 1. The summed E-state index contributed by atoms with van der Waals surface area (Å²) in [6.07, 6.45) is 1.34. The Hall–Kier alpha value is -1.69. The Morgan fingerprint density at radius 1 is 1.71 bits per heavy atom. The second kappa shape index (κ2) is 4.52. The average Bonchev–Trinajstić information content (AvgIpc) is 2.18. The molecule has 1 aromatic heterocycles. The summed E-state index contributed by atoms with van der Waals surface area (Å²) in [5, 5.41) is 12.7. The van der Waals surface area contributed by atoms with Gasteiger partial charge in [0, 0.05) is 12.3 Å². The zero-order valence-electron chi connectivity index (χ0n) is 6.94. The van der Waals surface area contributed by atoms with E-state index in [2.05, 4.69) is 10.3 Å². The number of amides is 1.